The van der Waals surface area contributed by atoms with Gasteiger partial charge < -0.3 is 19.1 Å². The summed E-state index contributed by atoms with van der Waals surface area (Å²) < 4.78 is 76.2. The first kappa shape index (κ1) is 38.5. The van der Waals surface area contributed by atoms with Crippen molar-refractivity contribution in [1.29, 1.82) is 0 Å². The number of carbonyl (C=O) groups is 1. The van der Waals surface area contributed by atoms with E-state index in [2.05, 4.69) is 4.90 Å². The van der Waals surface area contributed by atoms with Gasteiger partial charge in [-0.25, -0.2) is 8.78 Å². The number of benzene rings is 3. The van der Waals surface area contributed by atoms with E-state index in [0.717, 1.165) is 55.7 Å². The molecular weight excluding hydrogens is 710 g/mol. The van der Waals surface area contributed by atoms with Crippen LogP contribution in [0, 0.1) is 0 Å². The Morgan fingerprint density at radius 2 is 1.66 bits per heavy atom. The number of methoxy groups -OCH3 is 1. The topological polar surface area (TPSA) is 54.8 Å². The van der Waals surface area contributed by atoms with E-state index in [1.54, 1.807) is 48.1 Å². The van der Waals surface area contributed by atoms with Gasteiger partial charge in [0.1, 0.15) is 12.4 Å². The molecule has 1 aromatic heterocycles. The zero-order valence-electron chi connectivity index (χ0n) is 29.7. The van der Waals surface area contributed by atoms with E-state index in [1.165, 1.54) is 36.9 Å². The zero-order chi connectivity index (χ0) is 37.8. The van der Waals surface area contributed by atoms with Crippen LogP contribution >= 0.6 is 11.8 Å². The fraction of sp³-hybridized carbons (Fsp3) is 0.366. The Labute approximate surface area is 309 Å². The van der Waals surface area contributed by atoms with Crippen molar-refractivity contribution in [3.63, 3.8) is 0 Å². The highest BCUT2D eigenvalue weighted by atomic mass is 32.2. The minimum Gasteiger partial charge on any atom is -0.383 e. The number of allylic oxidation sites excluding steroid dienone is 3. The minimum atomic E-state index is -4.42. The molecule has 1 amide bonds. The number of alkyl halides is 4. The lowest BCUT2D eigenvalue weighted by atomic mass is 9.94. The fourth-order valence-electron chi connectivity index (χ4n) is 6.94. The van der Waals surface area contributed by atoms with Gasteiger partial charge in [-0.15, -0.1) is 11.8 Å². The molecule has 0 bridgehead atoms. The van der Waals surface area contributed by atoms with Crippen LogP contribution in [0.1, 0.15) is 37.3 Å². The van der Waals surface area contributed by atoms with Crippen LogP contribution in [0.15, 0.2) is 112 Å². The smallest absolute Gasteiger partial charge is 0.383 e. The number of carbonyl (C=O) groups excluding carboxylic acids is 1. The molecule has 6 nitrogen and oxygen atoms in total. The number of fused-ring (bicyclic) bond motifs is 1. The van der Waals surface area contributed by atoms with Crippen LogP contribution in [0.5, 0.6) is 0 Å². The maximum absolute atomic E-state index is 15.0. The molecule has 1 saturated heterocycles. The number of rotatable bonds is 12. The summed E-state index contributed by atoms with van der Waals surface area (Å²) in [6.07, 6.45) is 0.188. The van der Waals surface area contributed by atoms with Gasteiger partial charge >= 0.3 is 6.18 Å². The van der Waals surface area contributed by atoms with Crippen molar-refractivity contribution in [2.75, 3.05) is 39.1 Å². The van der Waals surface area contributed by atoms with Crippen LogP contribution in [0.25, 0.3) is 22.0 Å². The Morgan fingerprint density at radius 1 is 1.00 bits per heavy atom. The number of thioether (sulfide) groups is 1. The lowest BCUT2D eigenvalue weighted by Gasteiger charge is -2.39. The molecule has 0 N–H and O–H groups in total. The lowest BCUT2D eigenvalue weighted by molar-refractivity contribution is -0.137. The summed E-state index contributed by atoms with van der Waals surface area (Å²) in [6, 6.07) is 20.9. The van der Waals surface area contributed by atoms with Gasteiger partial charge in [-0.05, 0) is 66.3 Å². The Morgan fingerprint density at radius 3 is 2.32 bits per heavy atom. The van der Waals surface area contributed by atoms with Crippen molar-refractivity contribution < 1.29 is 31.5 Å². The second-order valence-corrected chi connectivity index (χ2v) is 14.7. The van der Waals surface area contributed by atoms with Crippen LogP contribution in [0.3, 0.4) is 0 Å². The molecule has 53 heavy (non-hydrogen) atoms. The molecule has 1 fully saturated rings. The number of para-hydroxylation sites is 1. The third kappa shape index (κ3) is 9.10. The fourth-order valence-corrected chi connectivity index (χ4v) is 7.98. The number of aromatic nitrogens is 1. The van der Waals surface area contributed by atoms with Gasteiger partial charge in [0.2, 0.25) is 5.91 Å². The number of likely N-dealkylation sites (tertiary alicyclic amines) is 1. The normalized spacial score (nSPS) is 18.5. The van der Waals surface area contributed by atoms with Crippen molar-refractivity contribution in [2.45, 2.75) is 62.2 Å². The van der Waals surface area contributed by atoms with E-state index in [4.69, 9.17) is 4.74 Å². The number of ether oxygens (including phenoxy) is 1. The van der Waals surface area contributed by atoms with E-state index in [0.29, 0.717) is 34.6 Å². The van der Waals surface area contributed by atoms with E-state index < -0.39 is 23.2 Å². The van der Waals surface area contributed by atoms with E-state index >= 15 is 4.39 Å². The van der Waals surface area contributed by atoms with E-state index in [1.807, 2.05) is 29.2 Å². The second-order valence-electron chi connectivity index (χ2n) is 13.7. The Kier molecular flexibility index (Phi) is 11.9. The summed E-state index contributed by atoms with van der Waals surface area (Å²) in [5, 5.41) is 0.915. The summed E-state index contributed by atoms with van der Waals surface area (Å²) in [5.41, 5.74) is -0.0249. The number of hydrogen-bond acceptors (Lipinski definition) is 5. The predicted octanol–water partition coefficient (Wildman–Crippen LogP) is 8.83. The summed E-state index contributed by atoms with van der Waals surface area (Å²) in [4.78, 5) is 32.0. The summed E-state index contributed by atoms with van der Waals surface area (Å²) in [5.74, 6) is -0.921. The van der Waals surface area contributed by atoms with Crippen LogP contribution in [0.2, 0.25) is 0 Å². The molecule has 12 heteroatoms. The maximum atomic E-state index is 15.0. The maximum Gasteiger partial charge on any atom is 0.416 e. The standard InChI is InChI=1S/C41H42F5N3O3S/c1-40(43)19-5-6-31(39(40)42)27-53-38-24-36(50)34-7-3-4-8-35(34)49(38)26-37(51)48(33-17-20-47(21-18-33)22-23-52-2)25-28-9-11-29(12-10-28)30-13-15-32(16-14-30)41(44,45)46/h3-16,24,33H,17-23,25-27H2,1-2H3. The minimum absolute atomic E-state index is 0.0545. The predicted molar refractivity (Wildman–Crippen MR) is 199 cm³/mol. The number of nitrogens with zero attached hydrogens (tertiary/aromatic N) is 3. The number of pyridine rings is 1. The molecule has 6 rings (SSSR count). The summed E-state index contributed by atoms with van der Waals surface area (Å²) >= 11 is 1.19. The summed E-state index contributed by atoms with van der Waals surface area (Å²) in [7, 11) is 1.67. The molecule has 4 aromatic rings. The number of hydrogen-bond donors (Lipinski definition) is 0. The monoisotopic (exact) mass is 751 g/mol. The molecule has 280 valence electrons. The molecule has 0 radical (unpaired) electrons. The molecule has 1 aliphatic carbocycles. The average molecular weight is 752 g/mol. The molecule has 3 aromatic carbocycles. The van der Waals surface area contributed by atoms with Crippen molar-refractivity contribution in [1.82, 2.24) is 14.4 Å². The first-order valence-corrected chi connectivity index (χ1v) is 18.6. The van der Waals surface area contributed by atoms with Gasteiger partial charge in [0.25, 0.3) is 0 Å². The van der Waals surface area contributed by atoms with Gasteiger partial charge in [0, 0.05) is 63.0 Å². The third-order valence-electron chi connectivity index (χ3n) is 9.99. The number of halogens is 5. The van der Waals surface area contributed by atoms with Gasteiger partial charge in [-0.3, -0.25) is 9.59 Å². The first-order valence-electron chi connectivity index (χ1n) is 17.6. The Bertz CT molecular complexity index is 2030. The third-order valence-corrected chi connectivity index (χ3v) is 11.1. The molecule has 2 heterocycles. The highest BCUT2D eigenvalue weighted by Gasteiger charge is 2.33. The number of piperidine rings is 1. The highest BCUT2D eigenvalue weighted by molar-refractivity contribution is 7.99. The van der Waals surface area contributed by atoms with Gasteiger partial charge in [-0.2, -0.15) is 13.2 Å². The van der Waals surface area contributed by atoms with Crippen molar-refractivity contribution in [2.24, 2.45) is 0 Å². The van der Waals surface area contributed by atoms with E-state index in [9.17, 15) is 27.2 Å². The van der Waals surface area contributed by atoms with Crippen molar-refractivity contribution in [3.05, 3.63) is 124 Å². The Balaban J connectivity index is 1.28. The molecular formula is C41H42F5N3O3S. The zero-order valence-corrected chi connectivity index (χ0v) is 30.5. The second kappa shape index (κ2) is 16.4. The van der Waals surface area contributed by atoms with Crippen molar-refractivity contribution in [3.8, 4) is 11.1 Å². The molecule has 0 spiro atoms. The van der Waals surface area contributed by atoms with Crippen LogP contribution in [-0.2, 0) is 28.8 Å². The molecule has 1 atom stereocenters. The van der Waals surface area contributed by atoms with Crippen molar-refractivity contribution >= 4 is 28.6 Å². The molecule has 1 unspecified atom stereocenters. The molecule has 2 aliphatic rings. The van der Waals surface area contributed by atoms with E-state index in [-0.39, 0.29) is 41.7 Å². The average Bonchev–Trinajstić information content (AvgIpc) is 3.15. The van der Waals surface area contributed by atoms with Gasteiger partial charge in [0.05, 0.1) is 22.7 Å². The Hall–Kier alpha value is -4.26. The number of amides is 1. The molecule has 0 saturated carbocycles. The highest BCUT2D eigenvalue weighted by Crippen LogP contribution is 2.36. The van der Waals surface area contributed by atoms with Gasteiger partial charge in [0.15, 0.2) is 11.1 Å². The van der Waals surface area contributed by atoms with Gasteiger partial charge in [-0.1, -0.05) is 60.7 Å². The quantitative estimate of drug-likeness (QED) is 0.107. The molecule has 1 aliphatic heterocycles. The first-order chi connectivity index (χ1) is 25.3. The lowest BCUT2D eigenvalue weighted by Crippen LogP contribution is -2.48. The largest absolute Gasteiger partial charge is 0.416 e. The van der Waals surface area contributed by atoms with Crippen LogP contribution in [-0.4, -0.2) is 71.1 Å². The van der Waals surface area contributed by atoms with Crippen LogP contribution in [0.4, 0.5) is 22.0 Å². The summed E-state index contributed by atoms with van der Waals surface area (Å²) in [6.45, 7) is 4.39. The van der Waals surface area contributed by atoms with Crippen LogP contribution < -0.4 is 5.43 Å². The SMILES string of the molecule is COCCN1CCC(N(Cc2ccc(-c3ccc(C(F)(F)F)cc3)cc2)C(=O)Cn2c(SCC3=C(F)C(C)(F)CC=C3)cc(=O)c3ccccc32)CC1.